The van der Waals surface area contributed by atoms with Gasteiger partial charge in [-0.15, -0.1) is 0 Å². The van der Waals surface area contributed by atoms with E-state index in [2.05, 4.69) is 32.2 Å². The molecule has 0 aliphatic heterocycles. The van der Waals surface area contributed by atoms with Gasteiger partial charge < -0.3 is 5.32 Å². The second-order valence-corrected chi connectivity index (χ2v) is 5.21. The Balaban J connectivity index is 2.43. The molecular formula is C15H24ClN. The molecule has 0 spiro atoms. The van der Waals surface area contributed by atoms with E-state index in [1.165, 1.54) is 31.2 Å². The summed E-state index contributed by atoms with van der Waals surface area (Å²) in [5.74, 6) is 0. The first-order chi connectivity index (χ1) is 8.15. The molecule has 1 unspecified atom stereocenters. The minimum atomic E-state index is 0.320. The summed E-state index contributed by atoms with van der Waals surface area (Å²) in [4.78, 5) is 0. The Bertz CT molecular complexity index is 324. The zero-order valence-corrected chi connectivity index (χ0v) is 11.9. The van der Waals surface area contributed by atoms with Crippen LogP contribution in [0.15, 0.2) is 24.3 Å². The second kappa shape index (κ2) is 7.73. The lowest BCUT2D eigenvalue weighted by molar-refractivity contribution is 0.440. The predicted molar refractivity (Wildman–Crippen MR) is 76.6 cm³/mol. The molecule has 1 nitrogen and oxygen atoms in total. The van der Waals surface area contributed by atoms with E-state index < -0.39 is 0 Å². The van der Waals surface area contributed by atoms with Crippen molar-refractivity contribution in [3.63, 3.8) is 0 Å². The minimum absolute atomic E-state index is 0.320. The molecule has 0 heterocycles. The molecule has 0 radical (unpaired) electrons. The van der Waals surface area contributed by atoms with Gasteiger partial charge in [-0.1, -0.05) is 56.0 Å². The van der Waals surface area contributed by atoms with Crippen LogP contribution in [-0.4, -0.2) is 6.04 Å². The van der Waals surface area contributed by atoms with Gasteiger partial charge in [0.2, 0.25) is 0 Å². The molecule has 17 heavy (non-hydrogen) atoms. The molecular weight excluding hydrogens is 230 g/mol. The quantitative estimate of drug-likeness (QED) is 0.678. The summed E-state index contributed by atoms with van der Waals surface area (Å²) in [6.45, 7) is 6.67. The summed E-state index contributed by atoms with van der Waals surface area (Å²) >= 11 is 6.19. The SMILES string of the molecule is CCCCCC(C)N[C@H](C)c1ccccc1Cl. The minimum Gasteiger partial charge on any atom is -0.308 e. The molecule has 0 fully saturated rings. The summed E-state index contributed by atoms with van der Waals surface area (Å²) < 4.78 is 0. The lowest BCUT2D eigenvalue weighted by atomic mass is 10.1. The van der Waals surface area contributed by atoms with Crippen molar-refractivity contribution in [3.05, 3.63) is 34.9 Å². The average Bonchev–Trinajstić information content (AvgIpc) is 2.29. The van der Waals surface area contributed by atoms with Crippen LogP contribution in [0.5, 0.6) is 0 Å². The van der Waals surface area contributed by atoms with E-state index >= 15 is 0 Å². The first-order valence-electron chi connectivity index (χ1n) is 6.65. The van der Waals surface area contributed by atoms with E-state index in [0.29, 0.717) is 12.1 Å². The number of halogens is 1. The topological polar surface area (TPSA) is 12.0 Å². The Morgan fingerprint density at radius 1 is 1.18 bits per heavy atom. The van der Waals surface area contributed by atoms with E-state index in [0.717, 1.165) is 5.02 Å². The van der Waals surface area contributed by atoms with Crippen molar-refractivity contribution in [1.29, 1.82) is 0 Å². The lowest BCUT2D eigenvalue weighted by Crippen LogP contribution is -2.29. The van der Waals surface area contributed by atoms with E-state index in [1.807, 2.05) is 18.2 Å². The Morgan fingerprint density at radius 2 is 1.88 bits per heavy atom. The van der Waals surface area contributed by atoms with Crippen molar-refractivity contribution in [1.82, 2.24) is 5.32 Å². The Hall–Kier alpha value is -0.530. The molecule has 2 atom stereocenters. The molecule has 0 saturated heterocycles. The maximum atomic E-state index is 6.19. The number of hydrogen-bond donors (Lipinski definition) is 1. The average molecular weight is 254 g/mol. The third-order valence-electron chi connectivity index (χ3n) is 3.15. The van der Waals surface area contributed by atoms with Crippen molar-refractivity contribution in [3.8, 4) is 0 Å². The number of nitrogens with one attached hydrogen (secondary N) is 1. The first kappa shape index (κ1) is 14.5. The van der Waals surface area contributed by atoms with Crippen LogP contribution < -0.4 is 5.32 Å². The van der Waals surface area contributed by atoms with Gasteiger partial charge in [-0.05, 0) is 31.9 Å². The highest BCUT2D eigenvalue weighted by Gasteiger charge is 2.11. The molecule has 0 amide bonds. The smallest absolute Gasteiger partial charge is 0.0453 e. The van der Waals surface area contributed by atoms with Crippen molar-refractivity contribution < 1.29 is 0 Å². The van der Waals surface area contributed by atoms with Gasteiger partial charge in [0.1, 0.15) is 0 Å². The molecule has 0 saturated carbocycles. The van der Waals surface area contributed by atoms with E-state index in [9.17, 15) is 0 Å². The molecule has 96 valence electrons. The fourth-order valence-corrected chi connectivity index (χ4v) is 2.43. The summed E-state index contributed by atoms with van der Waals surface area (Å²) in [7, 11) is 0. The van der Waals surface area contributed by atoms with Gasteiger partial charge in [0, 0.05) is 17.1 Å². The van der Waals surface area contributed by atoms with Gasteiger partial charge in [-0.3, -0.25) is 0 Å². The van der Waals surface area contributed by atoms with Gasteiger partial charge in [0.05, 0.1) is 0 Å². The Labute approximate surface area is 111 Å². The van der Waals surface area contributed by atoms with E-state index in [1.54, 1.807) is 0 Å². The molecule has 1 aromatic carbocycles. The third-order valence-corrected chi connectivity index (χ3v) is 3.49. The molecule has 0 aliphatic rings. The molecule has 1 rings (SSSR count). The standard InChI is InChI=1S/C15H24ClN/c1-4-5-6-9-12(2)17-13(3)14-10-7-8-11-15(14)16/h7-8,10-13,17H,4-6,9H2,1-3H3/t12?,13-/m1/s1. The van der Waals surface area contributed by atoms with Crippen LogP contribution in [-0.2, 0) is 0 Å². The summed E-state index contributed by atoms with van der Waals surface area (Å²) in [5.41, 5.74) is 1.19. The van der Waals surface area contributed by atoms with Crippen LogP contribution in [0.4, 0.5) is 0 Å². The van der Waals surface area contributed by atoms with Gasteiger partial charge in [-0.2, -0.15) is 0 Å². The highest BCUT2D eigenvalue weighted by atomic mass is 35.5. The molecule has 0 aliphatic carbocycles. The van der Waals surface area contributed by atoms with Crippen molar-refractivity contribution in [2.45, 2.75) is 58.5 Å². The Morgan fingerprint density at radius 3 is 2.53 bits per heavy atom. The first-order valence-corrected chi connectivity index (χ1v) is 7.03. The lowest BCUT2D eigenvalue weighted by Gasteiger charge is -2.21. The van der Waals surface area contributed by atoms with E-state index in [4.69, 9.17) is 11.6 Å². The molecule has 2 heteroatoms. The predicted octanol–water partition coefficient (Wildman–Crippen LogP) is 4.96. The van der Waals surface area contributed by atoms with Crippen LogP contribution in [0.3, 0.4) is 0 Å². The van der Waals surface area contributed by atoms with Gasteiger partial charge >= 0.3 is 0 Å². The number of benzene rings is 1. The van der Waals surface area contributed by atoms with Crippen LogP contribution in [0.1, 0.15) is 58.1 Å². The molecule has 1 aromatic rings. The van der Waals surface area contributed by atoms with E-state index in [-0.39, 0.29) is 0 Å². The molecule has 1 N–H and O–H groups in total. The fraction of sp³-hybridized carbons (Fsp3) is 0.600. The van der Waals surface area contributed by atoms with Gasteiger partial charge in [0.15, 0.2) is 0 Å². The van der Waals surface area contributed by atoms with Crippen LogP contribution in [0.25, 0.3) is 0 Å². The van der Waals surface area contributed by atoms with Crippen molar-refractivity contribution in [2.75, 3.05) is 0 Å². The summed E-state index contributed by atoms with van der Waals surface area (Å²) in [5, 5.41) is 4.47. The maximum absolute atomic E-state index is 6.19. The Kier molecular flexibility index (Phi) is 6.61. The molecule has 0 aromatic heterocycles. The number of rotatable bonds is 7. The zero-order chi connectivity index (χ0) is 12.7. The number of hydrogen-bond acceptors (Lipinski definition) is 1. The van der Waals surface area contributed by atoms with Crippen LogP contribution in [0, 0.1) is 0 Å². The van der Waals surface area contributed by atoms with Gasteiger partial charge in [0.25, 0.3) is 0 Å². The highest BCUT2D eigenvalue weighted by molar-refractivity contribution is 6.31. The van der Waals surface area contributed by atoms with Crippen molar-refractivity contribution in [2.24, 2.45) is 0 Å². The van der Waals surface area contributed by atoms with Crippen molar-refractivity contribution >= 4 is 11.6 Å². The van der Waals surface area contributed by atoms with Crippen LogP contribution in [0.2, 0.25) is 5.02 Å². The summed E-state index contributed by atoms with van der Waals surface area (Å²) in [6, 6.07) is 8.94. The summed E-state index contributed by atoms with van der Waals surface area (Å²) in [6.07, 6.45) is 5.15. The second-order valence-electron chi connectivity index (χ2n) is 4.81. The molecule has 0 bridgehead atoms. The zero-order valence-electron chi connectivity index (χ0n) is 11.2. The van der Waals surface area contributed by atoms with Crippen LogP contribution >= 0.6 is 11.6 Å². The highest BCUT2D eigenvalue weighted by Crippen LogP contribution is 2.22. The normalized spacial score (nSPS) is 14.6. The third kappa shape index (κ3) is 5.10. The van der Waals surface area contributed by atoms with Gasteiger partial charge in [-0.25, -0.2) is 0 Å². The monoisotopic (exact) mass is 253 g/mol. The number of unbranched alkanes of at least 4 members (excludes halogenated alkanes) is 2. The largest absolute Gasteiger partial charge is 0.308 e. The maximum Gasteiger partial charge on any atom is 0.0453 e. The fourth-order valence-electron chi connectivity index (χ4n) is 2.13.